The summed E-state index contributed by atoms with van der Waals surface area (Å²) in [6, 6.07) is 23.7. The summed E-state index contributed by atoms with van der Waals surface area (Å²) in [7, 11) is 0. The molecular weight excluding hydrogens is 368 g/mol. The van der Waals surface area contributed by atoms with Crippen LogP contribution in [0.2, 0.25) is 0 Å². The van der Waals surface area contributed by atoms with E-state index in [2.05, 4.69) is 75.4 Å². The van der Waals surface area contributed by atoms with Crippen molar-refractivity contribution >= 4 is 43.9 Å². The van der Waals surface area contributed by atoms with E-state index in [1.807, 2.05) is 12.1 Å². The van der Waals surface area contributed by atoms with Crippen LogP contribution in [0, 0.1) is 20.8 Å². The molecule has 0 unspecified atom stereocenters. The first-order valence-corrected chi connectivity index (χ1v) is 10.4. The molecule has 0 N–H and O–H groups in total. The highest BCUT2D eigenvalue weighted by atomic mass is 16.3. The molecule has 2 heteroatoms. The standard InChI is InChI=1S/C28H22O2/c1-16-12-17(2)27-24(13-16)22-10-8-19(15-26(22)30-27)14-20-9-11-23-21-6-4-5-7-25(21)29-28(23)18(20)3/h4-13,15H,14H2,1-3H3. The van der Waals surface area contributed by atoms with Crippen molar-refractivity contribution in [3.8, 4) is 0 Å². The molecule has 4 aromatic carbocycles. The van der Waals surface area contributed by atoms with Gasteiger partial charge in [-0.05, 0) is 73.2 Å². The second-order valence-electron chi connectivity index (χ2n) is 8.39. The van der Waals surface area contributed by atoms with Crippen LogP contribution in [0.3, 0.4) is 0 Å². The number of benzene rings is 4. The van der Waals surface area contributed by atoms with Crippen LogP contribution in [-0.2, 0) is 6.42 Å². The lowest BCUT2D eigenvalue weighted by Crippen LogP contribution is -1.92. The van der Waals surface area contributed by atoms with Gasteiger partial charge in [-0.2, -0.15) is 0 Å². The molecule has 0 amide bonds. The minimum absolute atomic E-state index is 0.851. The molecule has 30 heavy (non-hydrogen) atoms. The summed E-state index contributed by atoms with van der Waals surface area (Å²) >= 11 is 0. The smallest absolute Gasteiger partial charge is 0.138 e. The van der Waals surface area contributed by atoms with Crippen LogP contribution in [0.1, 0.15) is 27.8 Å². The Morgan fingerprint density at radius 3 is 2.30 bits per heavy atom. The Bertz CT molecular complexity index is 1590. The van der Waals surface area contributed by atoms with Gasteiger partial charge in [0.15, 0.2) is 0 Å². The third kappa shape index (κ3) is 2.50. The average molecular weight is 390 g/mol. The van der Waals surface area contributed by atoms with E-state index >= 15 is 0 Å². The highest BCUT2D eigenvalue weighted by Gasteiger charge is 2.14. The summed E-state index contributed by atoms with van der Waals surface area (Å²) in [5, 5.41) is 4.75. The molecule has 0 fully saturated rings. The van der Waals surface area contributed by atoms with Crippen LogP contribution in [0.25, 0.3) is 43.9 Å². The van der Waals surface area contributed by atoms with Gasteiger partial charge in [-0.15, -0.1) is 0 Å². The molecule has 146 valence electrons. The van der Waals surface area contributed by atoms with Gasteiger partial charge in [0.1, 0.15) is 22.3 Å². The van der Waals surface area contributed by atoms with Crippen molar-refractivity contribution in [1.82, 2.24) is 0 Å². The Hall–Kier alpha value is -3.52. The minimum atomic E-state index is 0.851. The van der Waals surface area contributed by atoms with E-state index < -0.39 is 0 Å². The Kier molecular flexibility index (Phi) is 3.61. The molecule has 2 heterocycles. The van der Waals surface area contributed by atoms with Crippen molar-refractivity contribution in [3.63, 3.8) is 0 Å². The van der Waals surface area contributed by atoms with E-state index in [0.717, 1.165) is 28.8 Å². The molecule has 0 radical (unpaired) electrons. The summed E-state index contributed by atoms with van der Waals surface area (Å²) in [5.74, 6) is 0. The second-order valence-corrected chi connectivity index (χ2v) is 8.39. The van der Waals surface area contributed by atoms with Crippen molar-refractivity contribution in [2.75, 3.05) is 0 Å². The maximum Gasteiger partial charge on any atom is 0.138 e. The minimum Gasteiger partial charge on any atom is -0.456 e. The molecule has 0 saturated carbocycles. The number of para-hydroxylation sites is 1. The molecule has 6 aromatic rings. The van der Waals surface area contributed by atoms with Crippen LogP contribution in [0.15, 0.2) is 75.6 Å². The molecule has 0 bridgehead atoms. The summed E-state index contributed by atoms with van der Waals surface area (Å²) in [6.07, 6.45) is 0.851. The Balaban J connectivity index is 1.46. The monoisotopic (exact) mass is 390 g/mol. The maximum absolute atomic E-state index is 6.24. The van der Waals surface area contributed by atoms with Gasteiger partial charge in [0.05, 0.1) is 0 Å². The first-order chi connectivity index (χ1) is 14.6. The zero-order valence-corrected chi connectivity index (χ0v) is 17.4. The number of aryl methyl sites for hydroxylation is 3. The lowest BCUT2D eigenvalue weighted by atomic mass is 9.97. The Morgan fingerprint density at radius 2 is 1.40 bits per heavy atom. The van der Waals surface area contributed by atoms with Crippen LogP contribution in [0.5, 0.6) is 0 Å². The highest BCUT2D eigenvalue weighted by molar-refractivity contribution is 6.07. The fourth-order valence-electron chi connectivity index (χ4n) is 4.76. The predicted molar refractivity (Wildman–Crippen MR) is 124 cm³/mol. The third-order valence-corrected chi connectivity index (χ3v) is 6.27. The molecular formula is C28H22O2. The van der Waals surface area contributed by atoms with Crippen molar-refractivity contribution in [3.05, 3.63) is 94.5 Å². The van der Waals surface area contributed by atoms with Crippen LogP contribution >= 0.6 is 0 Å². The van der Waals surface area contributed by atoms with Crippen LogP contribution in [-0.4, -0.2) is 0 Å². The number of rotatable bonds is 2. The summed E-state index contributed by atoms with van der Waals surface area (Å²) in [6.45, 7) is 6.41. The van der Waals surface area contributed by atoms with Gasteiger partial charge >= 0.3 is 0 Å². The second kappa shape index (κ2) is 6.24. The average Bonchev–Trinajstić information content (AvgIpc) is 3.29. The van der Waals surface area contributed by atoms with Crippen molar-refractivity contribution in [2.45, 2.75) is 27.2 Å². The molecule has 0 saturated heterocycles. The van der Waals surface area contributed by atoms with Gasteiger partial charge < -0.3 is 8.83 Å². The van der Waals surface area contributed by atoms with E-state index in [1.165, 1.54) is 49.4 Å². The molecule has 0 aliphatic rings. The van der Waals surface area contributed by atoms with E-state index in [9.17, 15) is 0 Å². The lowest BCUT2D eigenvalue weighted by Gasteiger charge is -2.07. The van der Waals surface area contributed by atoms with Gasteiger partial charge in [-0.1, -0.05) is 48.5 Å². The van der Waals surface area contributed by atoms with Crippen molar-refractivity contribution < 1.29 is 8.83 Å². The summed E-state index contributed by atoms with van der Waals surface area (Å²) < 4.78 is 12.4. The first kappa shape index (κ1) is 17.3. The van der Waals surface area contributed by atoms with E-state index in [-0.39, 0.29) is 0 Å². The number of furan rings is 2. The van der Waals surface area contributed by atoms with E-state index in [4.69, 9.17) is 8.83 Å². The van der Waals surface area contributed by atoms with Crippen molar-refractivity contribution in [1.29, 1.82) is 0 Å². The van der Waals surface area contributed by atoms with Gasteiger partial charge in [0.25, 0.3) is 0 Å². The van der Waals surface area contributed by atoms with Crippen LogP contribution in [0.4, 0.5) is 0 Å². The van der Waals surface area contributed by atoms with E-state index in [0.29, 0.717) is 0 Å². The molecule has 0 aliphatic heterocycles. The van der Waals surface area contributed by atoms with Gasteiger partial charge in [0.2, 0.25) is 0 Å². The molecule has 6 rings (SSSR count). The molecule has 0 aliphatic carbocycles. The Morgan fingerprint density at radius 1 is 0.633 bits per heavy atom. The lowest BCUT2D eigenvalue weighted by molar-refractivity contribution is 0.664. The van der Waals surface area contributed by atoms with Crippen LogP contribution < -0.4 is 0 Å². The number of hydrogen-bond donors (Lipinski definition) is 0. The summed E-state index contributed by atoms with van der Waals surface area (Å²) in [5.41, 5.74) is 10.1. The van der Waals surface area contributed by atoms with E-state index in [1.54, 1.807) is 0 Å². The summed E-state index contributed by atoms with van der Waals surface area (Å²) in [4.78, 5) is 0. The zero-order chi connectivity index (χ0) is 20.4. The number of hydrogen-bond acceptors (Lipinski definition) is 2. The fourth-order valence-corrected chi connectivity index (χ4v) is 4.76. The zero-order valence-electron chi connectivity index (χ0n) is 17.4. The highest BCUT2D eigenvalue weighted by Crippen LogP contribution is 2.35. The molecule has 0 spiro atoms. The van der Waals surface area contributed by atoms with Gasteiger partial charge in [-0.25, -0.2) is 0 Å². The Labute approximate surface area is 174 Å². The normalized spacial score (nSPS) is 12.0. The van der Waals surface area contributed by atoms with Gasteiger partial charge in [-0.3, -0.25) is 0 Å². The topological polar surface area (TPSA) is 26.3 Å². The predicted octanol–water partition coefficient (Wildman–Crippen LogP) is 8.00. The fraction of sp³-hybridized carbons (Fsp3) is 0.143. The maximum atomic E-state index is 6.24. The third-order valence-electron chi connectivity index (χ3n) is 6.27. The quantitative estimate of drug-likeness (QED) is 0.299. The molecule has 0 atom stereocenters. The first-order valence-electron chi connectivity index (χ1n) is 10.4. The number of fused-ring (bicyclic) bond motifs is 6. The van der Waals surface area contributed by atoms with Gasteiger partial charge in [0, 0.05) is 21.5 Å². The molecule has 2 nitrogen and oxygen atoms in total. The largest absolute Gasteiger partial charge is 0.456 e. The SMILES string of the molecule is Cc1cc(C)c2oc3cc(Cc4ccc5c(oc6ccccc65)c4C)ccc3c2c1. The molecule has 2 aromatic heterocycles. The van der Waals surface area contributed by atoms with Crippen molar-refractivity contribution in [2.24, 2.45) is 0 Å².